The zero-order valence-electron chi connectivity index (χ0n) is 33.6. The zero-order chi connectivity index (χ0) is 43.4. The van der Waals surface area contributed by atoms with Gasteiger partial charge in [-0.15, -0.1) is 11.3 Å². The number of hydrogen-bond donors (Lipinski definition) is 2. The second-order valence-electron chi connectivity index (χ2n) is 15.0. The monoisotopic (exact) mass is 891 g/mol. The van der Waals surface area contributed by atoms with Crippen LogP contribution in [-0.2, 0) is 24.2 Å². The van der Waals surface area contributed by atoms with Crippen molar-refractivity contribution in [3.05, 3.63) is 106 Å². The summed E-state index contributed by atoms with van der Waals surface area (Å²) in [5.74, 6) is -1.24. The molecule has 0 spiro atoms. The van der Waals surface area contributed by atoms with Gasteiger partial charge in [0.25, 0.3) is 0 Å². The average molecular weight is 892 g/mol. The molecule has 0 radical (unpaired) electrons. The fraction of sp³-hybridized carbons (Fsp3) is 0.341. The summed E-state index contributed by atoms with van der Waals surface area (Å²) >= 11 is 8.74. The van der Waals surface area contributed by atoms with Gasteiger partial charge in [-0.2, -0.15) is 18.2 Å². The summed E-state index contributed by atoms with van der Waals surface area (Å²) in [5, 5.41) is 15.2. The van der Waals surface area contributed by atoms with Crippen molar-refractivity contribution in [2.75, 3.05) is 57.3 Å². The molecule has 4 bridgehead atoms. The Morgan fingerprint density at radius 3 is 2.60 bits per heavy atom. The lowest BCUT2D eigenvalue weighted by molar-refractivity contribution is -0.145. The predicted octanol–water partition coefficient (Wildman–Crippen LogP) is 8.17. The Morgan fingerprint density at radius 2 is 1.82 bits per heavy atom. The van der Waals surface area contributed by atoms with E-state index in [4.69, 9.17) is 25.8 Å². The highest BCUT2D eigenvalue weighted by molar-refractivity contribution is 7.22. The van der Waals surface area contributed by atoms with Gasteiger partial charge in [0.15, 0.2) is 0 Å². The summed E-state index contributed by atoms with van der Waals surface area (Å²) in [4.78, 5) is 36.3. The van der Waals surface area contributed by atoms with Crippen molar-refractivity contribution in [3.63, 3.8) is 0 Å². The number of carbonyl (C=O) groups is 1. The summed E-state index contributed by atoms with van der Waals surface area (Å²) in [6, 6.07) is 17.1. The Labute approximate surface area is 363 Å². The van der Waals surface area contributed by atoms with E-state index in [0.717, 1.165) is 65.5 Å². The molecule has 0 unspecified atom stereocenters. The Balaban J connectivity index is 1.20. The number of aliphatic carboxylic acids is 1. The third-order valence-corrected chi connectivity index (χ3v) is 12.5. The van der Waals surface area contributed by atoms with Crippen LogP contribution in [0.2, 0.25) is 5.02 Å². The first-order valence-corrected chi connectivity index (χ1v) is 21.3. The van der Waals surface area contributed by atoms with E-state index < -0.39 is 37.1 Å². The van der Waals surface area contributed by atoms with Crippen LogP contribution in [0.25, 0.3) is 31.8 Å². The van der Waals surface area contributed by atoms with E-state index in [9.17, 15) is 27.5 Å². The molecule has 3 aromatic heterocycles. The molecule has 1 saturated heterocycles. The van der Waals surface area contributed by atoms with Crippen molar-refractivity contribution in [3.8, 4) is 39.2 Å². The minimum Gasteiger partial charge on any atom is -0.487 e. The molecule has 12 nitrogen and oxygen atoms in total. The lowest BCUT2D eigenvalue weighted by Crippen LogP contribution is -2.46. The number of carboxylic acids is 1. The average Bonchev–Trinajstić information content (AvgIpc) is 3.64. The fourth-order valence-electron chi connectivity index (χ4n) is 7.60. The number of piperazine rings is 1. The molecule has 9 rings (SSSR count). The molecule has 0 aliphatic carbocycles. The first-order valence-electron chi connectivity index (χ1n) is 20.1. The van der Waals surface area contributed by atoms with Gasteiger partial charge in [-0.25, -0.2) is 24.1 Å². The minimum atomic E-state index is -4.39. The molecule has 62 heavy (non-hydrogen) atoms. The number of nitrogens with zero attached hydrogens (tertiary/aromatic N) is 6. The molecular weight excluding hydrogens is 850 g/mol. The number of carboxylic acid groups (broad SMARTS) is 1. The van der Waals surface area contributed by atoms with Gasteiger partial charge < -0.3 is 29.5 Å². The van der Waals surface area contributed by atoms with Crippen LogP contribution in [0.3, 0.4) is 0 Å². The summed E-state index contributed by atoms with van der Waals surface area (Å²) in [6.45, 7) is 6.99. The largest absolute Gasteiger partial charge is 0.487 e. The first kappa shape index (κ1) is 43.0. The van der Waals surface area contributed by atoms with Crippen molar-refractivity contribution in [1.82, 2.24) is 30.2 Å². The molecule has 3 aliphatic heterocycles. The highest BCUT2D eigenvalue weighted by Crippen LogP contribution is 2.49. The van der Waals surface area contributed by atoms with Gasteiger partial charge in [0.2, 0.25) is 12.0 Å². The molecule has 3 aromatic carbocycles. The summed E-state index contributed by atoms with van der Waals surface area (Å²) in [6.07, 6.45) is -3.87. The van der Waals surface area contributed by atoms with Crippen LogP contribution in [0.1, 0.15) is 28.8 Å². The van der Waals surface area contributed by atoms with E-state index in [0.29, 0.717) is 57.3 Å². The normalized spacial score (nSPS) is 16.0. The Bertz CT molecular complexity index is 2560. The molecule has 18 heteroatoms. The quantitative estimate of drug-likeness (QED) is 0.122. The van der Waals surface area contributed by atoms with E-state index in [1.54, 1.807) is 24.3 Å². The number of thiophene rings is 1. The van der Waals surface area contributed by atoms with Gasteiger partial charge >= 0.3 is 18.2 Å². The van der Waals surface area contributed by atoms with Gasteiger partial charge in [-0.3, -0.25) is 4.90 Å². The number of anilines is 1. The number of rotatable bonds is 11. The van der Waals surface area contributed by atoms with E-state index >= 15 is 0 Å². The van der Waals surface area contributed by atoms with Crippen molar-refractivity contribution in [1.29, 1.82) is 0 Å². The van der Waals surface area contributed by atoms with Crippen LogP contribution in [-0.4, -0.2) is 101 Å². The molecule has 6 aromatic rings. The van der Waals surface area contributed by atoms with Crippen molar-refractivity contribution in [2.24, 2.45) is 0 Å². The van der Waals surface area contributed by atoms with Gasteiger partial charge in [0, 0.05) is 68.9 Å². The van der Waals surface area contributed by atoms with Crippen LogP contribution in [0.5, 0.6) is 17.6 Å². The number of hydrogen-bond acceptors (Lipinski definition) is 12. The minimum absolute atomic E-state index is 0.0454. The third-order valence-electron chi connectivity index (χ3n) is 10.8. The Morgan fingerprint density at radius 1 is 1.02 bits per heavy atom. The van der Waals surface area contributed by atoms with Crippen LogP contribution in [0.15, 0.2) is 73.2 Å². The standard InChI is InChI=1S/C44H42ClF4N7O5S/c1-26-32-7-8-33(38(26)45)56(20-19-55-17-14-50-15-18-55)16-11-27-2-9-34(60-24-31-10-13-51-43(54-31)59-21-12-44(47,48)49)29(22-27)23-35(42(57)58)61-40-37-36(32)39(62-41(37)53-25-52-40)28-3-5-30(46)6-4-28/h2-10,13,22,25,35,50H,11-12,14-21,23-24H2,1H3,(H,57,58)/t35-/m1/s1. The summed E-state index contributed by atoms with van der Waals surface area (Å²) < 4.78 is 70.1. The molecule has 0 amide bonds. The van der Waals surface area contributed by atoms with Crippen molar-refractivity contribution >= 4 is 44.8 Å². The highest BCUT2D eigenvalue weighted by Gasteiger charge is 2.30. The number of nitrogens with one attached hydrogen (secondary N) is 1. The summed E-state index contributed by atoms with van der Waals surface area (Å²) in [5.41, 5.74) is 5.61. The van der Waals surface area contributed by atoms with E-state index in [1.165, 1.54) is 36.0 Å². The predicted molar refractivity (Wildman–Crippen MR) is 228 cm³/mol. The van der Waals surface area contributed by atoms with Crippen LogP contribution in [0, 0.1) is 12.7 Å². The zero-order valence-corrected chi connectivity index (χ0v) is 35.1. The third kappa shape index (κ3) is 10.0. The number of fused-ring (bicyclic) bond motifs is 6. The van der Waals surface area contributed by atoms with Gasteiger partial charge in [-0.1, -0.05) is 41.9 Å². The molecule has 1 fully saturated rings. The number of ether oxygens (including phenoxy) is 3. The lowest BCUT2D eigenvalue weighted by atomic mass is 9.95. The van der Waals surface area contributed by atoms with E-state index in [-0.39, 0.29) is 24.9 Å². The second kappa shape index (κ2) is 18.8. The van der Waals surface area contributed by atoms with E-state index in [1.807, 2.05) is 31.2 Å². The molecule has 0 saturated carbocycles. The molecule has 2 N–H and O–H groups in total. The molecular formula is C44H42ClF4N7O5S. The maximum Gasteiger partial charge on any atom is 0.392 e. The highest BCUT2D eigenvalue weighted by atomic mass is 35.5. The van der Waals surface area contributed by atoms with Crippen molar-refractivity contribution < 1.29 is 41.7 Å². The van der Waals surface area contributed by atoms with Crippen molar-refractivity contribution in [2.45, 2.75) is 45.1 Å². The molecule has 324 valence electrons. The van der Waals surface area contributed by atoms with Crippen LogP contribution < -0.4 is 24.4 Å². The molecule has 6 heterocycles. The van der Waals surface area contributed by atoms with Gasteiger partial charge in [-0.05, 0) is 71.5 Å². The topological polar surface area (TPSA) is 135 Å². The first-order chi connectivity index (χ1) is 29.9. The fourth-order valence-corrected chi connectivity index (χ4v) is 9.03. The molecule has 1 atom stereocenters. The number of benzene rings is 3. The Hall–Kier alpha value is -5.62. The lowest BCUT2D eigenvalue weighted by Gasteiger charge is -2.32. The number of aromatic nitrogens is 4. The summed E-state index contributed by atoms with van der Waals surface area (Å²) in [7, 11) is 0. The SMILES string of the molecule is Cc1c2ccc(c1Cl)N(CCN1CCNCC1)CCc1ccc(OCc3ccnc(OCCC(F)(F)F)n3)c(c1)C[C@H](C(=O)O)Oc1ncnc3sc(-c4ccc(F)cc4)c-2c13. The Kier molecular flexibility index (Phi) is 13.0. The maximum absolute atomic E-state index is 14.2. The van der Waals surface area contributed by atoms with Crippen LogP contribution in [0.4, 0.5) is 23.2 Å². The van der Waals surface area contributed by atoms with Gasteiger partial charge in [0.05, 0.1) is 28.2 Å². The maximum atomic E-state index is 14.2. The van der Waals surface area contributed by atoms with E-state index in [2.05, 4.69) is 35.1 Å². The number of halogens is 5. The van der Waals surface area contributed by atoms with Crippen LogP contribution >= 0.6 is 22.9 Å². The van der Waals surface area contributed by atoms with Gasteiger partial charge in [0.1, 0.15) is 35.9 Å². The molecule has 3 aliphatic rings. The smallest absolute Gasteiger partial charge is 0.392 e. The second-order valence-corrected chi connectivity index (χ2v) is 16.4. The number of alkyl halides is 3.